The van der Waals surface area contributed by atoms with Crippen molar-refractivity contribution in [1.29, 1.82) is 0 Å². The summed E-state index contributed by atoms with van der Waals surface area (Å²) >= 11 is 0. The van der Waals surface area contributed by atoms with E-state index in [-0.39, 0.29) is 5.91 Å². The zero-order valence-electron chi connectivity index (χ0n) is 15.5. The SMILES string of the molecule is CCCCCCCCCCC/C=C/CC(=O)n1nnc2ccccc21. The van der Waals surface area contributed by atoms with Crippen LogP contribution in [0.1, 0.15) is 82.3 Å². The van der Waals surface area contributed by atoms with Crippen molar-refractivity contribution in [1.82, 2.24) is 15.0 Å². The van der Waals surface area contributed by atoms with Crippen LogP contribution in [-0.2, 0) is 0 Å². The highest BCUT2D eigenvalue weighted by Gasteiger charge is 2.09. The van der Waals surface area contributed by atoms with Gasteiger partial charge in [-0.15, -0.1) is 5.10 Å². The maximum atomic E-state index is 12.2. The number of aromatic nitrogens is 3. The molecule has 0 aliphatic heterocycles. The van der Waals surface area contributed by atoms with E-state index >= 15 is 0 Å². The summed E-state index contributed by atoms with van der Waals surface area (Å²) in [6.07, 6.45) is 17.6. The predicted octanol–water partition coefficient (Wildman–Crippen LogP) is 5.94. The van der Waals surface area contributed by atoms with Crippen molar-refractivity contribution in [3.63, 3.8) is 0 Å². The van der Waals surface area contributed by atoms with E-state index in [1.54, 1.807) is 0 Å². The van der Waals surface area contributed by atoms with Crippen LogP contribution in [0, 0.1) is 0 Å². The first-order valence-corrected chi connectivity index (χ1v) is 9.81. The zero-order valence-corrected chi connectivity index (χ0v) is 15.5. The van der Waals surface area contributed by atoms with E-state index in [1.807, 2.05) is 30.3 Å². The molecular weight excluding hydrogens is 310 g/mol. The number of hydrogen-bond donors (Lipinski definition) is 0. The Bertz CT molecular complexity index is 660. The van der Waals surface area contributed by atoms with Crippen LogP contribution in [0.4, 0.5) is 0 Å². The molecule has 0 fully saturated rings. The topological polar surface area (TPSA) is 47.8 Å². The first-order valence-electron chi connectivity index (χ1n) is 9.81. The van der Waals surface area contributed by atoms with Gasteiger partial charge in [-0.05, 0) is 25.0 Å². The number of nitrogens with zero attached hydrogens (tertiary/aromatic N) is 3. The maximum Gasteiger partial charge on any atom is 0.252 e. The Labute approximate surface area is 151 Å². The minimum absolute atomic E-state index is 0.0305. The molecule has 0 bridgehead atoms. The molecule has 0 aliphatic carbocycles. The minimum atomic E-state index is -0.0305. The van der Waals surface area contributed by atoms with Crippen LogP contribution in [0.5, 0.6) is 0 Å². The molecule has 1 aromatic heterocycles. The Morgan fingerprint density at radius 2 is 1.64 bits per heavy atom. The summed E-state index contributed by atoms with van der Waals surface area (Å²) < 4.78 is 1.40. The lowest BCUT2D eigenvalue weighted by atomic mass is 10.1. The number of para-hydroxylation sites is 1. The summed E-state index contributed by atoms with van der Waals surface area (Å²) in [6.45, 7) is 2.26. The van der Waals surface area contributed by atoms with Gasteiger partial charge in [0.2, 0.25) is 0 Å². The number of benzene rings is 1. The molecule has 1 aromatic carbocycles. The Balaban J connectivity index is 1.55. The fourth-order valence-corrected chi connectivity index (χ4v) is 3.01. The van der Waals surface area contributed by atoms with Crippen LogP contribution < -0.4 is 0 Å². The third-order valence-electron chi connectivity index (χ3n) is 4.52. The van der Waals surface area contributed by atoms with Crippen molar-refractivity contribution < 1.29 is 4.79 Å². The van der Waals surface area contributed by atoms with Crippen molar-refractivity contribution in [3.8, 4) is 0 Å². The summed E-state index contributed by atoms with van der Waals surface area (Å²) in [4.78, 5) is 12.2. The highest BCUT2D eigenvalue weighted by atomic mass is 16.2. The summed E-state index contributed by atoms with van der Waals surface area (Å²) in [5.41, 5.74) is 1.54. The minimum Gasteiger partial charge on any atom is -0.272 e. The van der Waals surface area contributed by atoms with E-state index in [0.29, 0.717) is 6.42 Å². The van der Waals surface area contributed by atoms with Crippen LogP contribution >= 0.6 is 0 Å². The predicted molar refractivity (Wildman–Crippen MR) is 104 cm³/mol. The Morgan fingerprint density at radius 1 is 0.960 bits per heavy atom. The van der Waals surface area contributed by atoms with Gasteiger partial charge < -0.3 is 0 Å². The number of fused-ring (bicyclic) bond motifs is 1. The van der Waals surface area contributed by atoms with Crippen LogP contribution in [-0.4, -0.2) is 20.9 Å². The number of unbranched alkanes of at least 4 members (excludes halogenated alkanes) is 9. The van der Waals surface area contributed by atoms with Crippen molar-refractivity contribution in [3.05, 3.63) is 36.4 Å². The summed E-state index contributed by atoms with van der Waals surface area (Å²) in [5, 5.41) is 7.97. The first kappa shape index (κ1) is 19.4. The van der Waals surface area contributed by atoms with Gasteiger partial charge in [0.15, 0.2) is 0 Å². The Hall–Kier alpha value is -1.97. The maximum absolute atomic E-state index is 12.2. The smallest absolute Gasteiger partial charge is 0.252 e. The zero-order chi connectivity index (χ0) is 17.7. The molecule has 2 rings (SSSR count). The number of allylic oxidation sites excluding steroid dienone is 2. The lowest BCUT2D eigenvalue weighted by molar-refractivity contribution is 0.0905. The van der Waals surface area contributed by atoms with Crippen molar-refractivity contribution in [2.75, 3.05) is 0 Å². The highest BCUT2D eigenvalue weighted by Crippen LogP contribution is 2.12. The van der Waals surface area contributed by atoms with E-state index in [4.69, 9.17) is 0 Å². The molecular formula is C21H31N3O. The van der Waals surface area contributed by atoms with Gasteiger partial charge in [-0.1, -0.05) is 87.8 Å². The van der Waals surface area contributed by atoms with E-state index < -0.39 is 0 Å². The number of carbonyl (C=O) groups excluding carboxylic acids is 1. The third kappa shape index (κ3) is 6.81. The molecule has 0 spiro atoms. The monoisotopic (exact) mass is 341 g/mol. The van der Waals surface area contributed by atoms with Gasteiger partial charge in [0.25, 0.3) is 5.91 Å². The molecule has 4 nitrogen and oxygen atoms in total. The quantitative estimate of drug-likeness (QED) is 0.354. The Kier molecular flexibility index (Phi) is 8.95. The molecule has 0 saturated carbocycles. The van der Waals surface area contributed by atoms with Crippen molar-refractivity contribution in [2.45, 2.75) is 77.6 Å². The van der Waals surface area contributed by atoms with Crippen molar-refractivity contribution in [2.24, 2.45) is 0 Å². The van der Waals surface area contributed by atoms with Gasteiger partial charge in [0.1, 0.15) is 5.52 Å². The molecule has 1 heterocycles. The summed E-state index contributed by atoms with van der Waals surface area (Å²) in [7, 11) is 0. The molecule has 0 N–H and O–H groups in total. The summed E-state index contributed by atoms with van der Waals surface area (Å²) in [6, 6.07) is 7.54. The van der Waals surface area contributed by atoms with Gasteiger partial charge in [0.05, 0.1) is 5.52 Å². The molecule has 25 heavy (non-hydrogen) atoms. The molecule has 0 unspecified atom stereocenters. The molecule has 0 aliphatic rings. The van der Waals surface area contributed by atoms with Crippen LogP contribution in [0.2, 0.25) is 0 Å². The van der Waals surface area contributed by atoms with Crippen LogP contribution in [0.3, 0.4) is 0 Å². The highest BCUT2D eigenvalue weighted by molar-refractivity contribution is 5.89. The first-order chi connectivity index (χ1) is 12.3. The molecule has 136 valence electrons. The van der Waals surface area contributed by atoms with Crippen LogP contribution in [0.15, 0.2) is 36.4 Å². The van der Waals surface area contributed by atoms with Gasteiger partial charge in [-0.3, -0.25) is 4.79 Å². The van der Waals surface area contributed by atoms with Gasteiger partial charge >= 0.3 is 0 Å². The number of carbonyl (C=O) groups is 1. The van der Waals surface area contributed by atoms with E-state index in [2.05, 4.69) is 23.3 Å². The molecule has 0 amide bonds. The molecule has 4 heteroatoms. The van der Waals surface area contributed by atoms with Gasteiger partial charge in [-0.25, -0.2) is 0 Å². The third-order valence-corrected chi connectivity index (χ3v) is 4.52. The standard InChI is InChI=1S/C21H31N3O/c1-2-3-4-5-6-7-8-9-10-11-12-13-18-21(25)24-20-17-15-14-16-19(20)22-23-24/h12-17H,2-11,18H2,1H3/b13-12+. The normalized spacial score (nSPS) is 11.6. The van der Waals surface area contributed by atoms with E-state index in [9.17, 15) is 4.79 Å². The molecule has 0 radical (unpaired) electrons. The number of hydrogen-bond acceptors (Lipinski definition) is 3. The van der Waals surface area contributed by atoms with Crippen LogP contribution in [0.25, 0.3) is 11.0 Å². The molecule has 0 saturated heterocycles. The Morgan fingerprint density at radius 3 is 2.40 bits per heavy atom. The largest absolute Gasteiger partial charge is 0.272 e. The molecule has 0 atom stereocenters. The average Bonchev–Trinajstić information content (AvgIpc) is 3.06. The number of rotatable bonds is 12. The second kappa shape index (κ2) is 11.6. The molecule has 2 aromatic rings. The second-order valence-corrected chi connectivity index (χ2v) is 6.68. The fourth-order valence-electron chi connectivity index (χ4n) is 3.01. The lowest BCUT2D eigenvalue weighted by Gasteiger charge is -2.00. The summed E-state index contributed by atoms with van der Waals surface area (Å²) in [5.74, 6) is -0.0305. The lowest BCUT2D eigenvalue weighted by Crippen LogP contribution is -2.10. The fraction of sp³-hybridized carbons (Fsp3) is 0.571. The van der Waals surface area contributed by atoms with Gasteiger partial charge in [0, 0.05) is 6.42 Å². The van der Waals surface area contributed by atoms with Crippen molar-refractivity contribution >= 4 is 16.9 Å². The van der Waals surface area contributed by atoms with Gasteiger partial charge in [-0.2, -0.15) is 4.68 Å². The van der Waals surface area contributed by atoms with E-state index in [0.717, 1.165) is 17.5 Å². The van der Waals surface area contributed by atoms with E-state index in [1.165, 1.54) is 62.5 Å². The average molecular weight is 341 g/mol. The second-order valence-electron chi connectivity index (χ2n) is 6.68.